The summed E-state index contributed by atoms with van der Waals surface area (Å²) in [7, 11) is -3.68. The van der Waals surface area contributed by atoms with Crippen molar-refractivity contribution in [3.63, 3.8) is 0 Å². The van der Waals surface area contributed by atoms with E-state index in [-0.39, 0.29) is 17.6 Å². The molecular formula is C13H20O4S. The Labute approximate surface area is 109 Å². The van der Waals surface area contributed by atoms with Gasteiger partial charge in [0.2, 0.25) is 0 Å². The molecule has 1 aromatic carbocycles. The van der Waals surface area contributed by atoms with Crippen LogP contribution in [0.25, 0.3) is 0 Å². The van der Waals surface area contributed by atoms with Crippen molar-refractivity contribution in [3.05, 3.63) is 29.8 Å². The first kappa shape index (κ1) is 15.1. The minimum Gasteiger partial charge on any atom is -0.376 e. The smallest absolute Gasteiger partial charge is 0.297 e. The van der Waals surface area contributed by atoms with Gasteiger partial charge in [-0.25, -0.2) is 0 Å². The van der Waals surface area contributed by atoms with E-state index in [9.17, 15) is 8.42 Å². The lowest BCUT2D eigenvalue weighted by atomic mass is 10.2. The molecule has 0 aromatic heterocycles. The Hall–Kier alpha value is -0.910. The van der Waals surface area contributed by atoms with E-state index in [0.29, 0.717) is 6.61 Å². The quantitative estimate of drug-likeness (QED) is 0.716. The Bertz CT molecular complexity index is 450. The summed E-state index contributed by atoms with van der Waals surface area (Å²) in [5, 5.41) is 0. The minimum atomic E-state index is -3.68. The summed E-state index contributed by atoms with van der Waals surface area (Å²) < 4.78 is 34.0. The van der Waals surface area contributed by atoms with Gasteiger partial charge in [-0.1, -0.05) is 24.6 Å². The Morgan fingerprint density at radius 2 is 1.83 bits per heavy atom. The fourth-order valence-electron chi connectivity index (χ4n) is 1.33. The second-order valence-corrected chi connectivity index (χ2v) is 5.85. The standard InChI is InChI=1S/C13H20O4S/c1-4-9-16-12(3)10-17-18(14,15)13-7-5-11(2)6-8-13/h5-8,12H,4,9-10H2,1-3H3. The number of ether oxygens (including phenoxy) is 1. The molecule has 0 amide bonds. The summed E-state index contributed by atoms with van der Waals surface area (Å²) in [6.45, 7) is 6.33. The highest BCUT2D eigenvalue weighted by Crippen LogP contribution is 2.13. The summed E-state index contributed by atoms with van der Waals surface area (Å²) in [5.41, 5.74) is 1.01. The van der Waals surface area contributed by atoms with Crippen LogP contribution in [0.15, 0.2) is 29.2 Å². The zero-order chi connectivity index (χ0) is 13.6. The van der Waals surface area contributed by atoms with E-state index < -0.39 is 10.1 Å². The van der Waals surface area contributed by atoms with Crippen LogP contribution in [0, 0.1) is 6.92 Å². The number of rotatable bonds is 7. The predicted octanol–water partition coefficient (Wildman–Crippen LogP) is 2.52. The summed E-state index contributed by atoms with van der Waals surface area (Å²) in [6, 6.07) is 6.57. The molecule has 0 aliphatic rings. The van der Waals surface area contributed by atoms with Gasteiger partial charge in [0.05, 0.1) is 17.6 Å². The van der Waals surface area contributed by atoms with E-state index in [2.05, 4.69) is 0 Å². The van der Waals surface area contributed by atoms with Gasteiger partial charge in [-0.05, 0) is 32.4 Å². The zero-order valence-corrected chi connectivity index (χ0v) is 11.9. The molecule has 0 heterocycles. The molecule has 0 saturated heterocycles. The first-order chi connectivity index (χ1) is 8.45. The summed E-state index contributed by atoms with van der Waals surface area (Å²) in [4.78, 5) is 0.177. The van der Waals surface area contributed by atoms with Crippen LogP contribution >= 0.6 is 0 Å². The fourth-order valence-corrected chi connectivity index (χ4v) is 2.30. The van der Waals surface area contributed by atoms with Gasteiger partial charge in [0.25, 0.3) is 10.1 Å². The molecule has 0 spiro atoms. The lowest BCUT2D eigenvalue weighted by Crippen LogP contribution is -2.19. The van der Waals surface area contributed by atoms with Crippen LogP contribution in [0.4, 0.5) is 0 Å². The molecule has 18 heavy (non-hydrogen) atoms. The van der Waals surface area contributed by atoms with Gasteiger partial charge in [0, 0.05) is 6.61 Å². The molecule has 0 fully saturated rings. The largest absolute Gasteiger partial charge is 0.376 e. The van der Waals surface area contributed by atoms with Crippen LogP contribution in [0.3, 0.4) is 0 Å². The van der Waals surface area contributed by atoms with Crippen LogP contribution in [-0.2, 0) is 19.0 Å². The van der Waals surface area contributed by atoms with Gasteiger partial charge >= 0.3 is 0 Å². The van der Waals surface area contributed by atoms with Crippen molar-refractivity contribution in [2.24, 2.45) is 0 Å². The molecular weight excluding hydrogens is 252 g/mol. The third-order valence-corrected chi connectivity index (χ3v) is 3.67. The molecule has 4 nitrogen and oxygen atoms in total. The van der Waals surface area contributed by atoms with E-state index in [1.54, 1.807) is 31.2 Å². The van der Waals surface area contributed by atoms with Gasteiger partial charge in [-0.2, -0.15) is 8.42 Å². The van der Waals surface area contributed by atoms with Gasteiger partial charge in [-0.3, -0.25) is 4.18 Å². The summed E-state index contributed by atoms with van der Waals surface area (Å²) >= 11 is 0. The van der Waals surface area contributed by atoms with E-state index in [0.717, 1.165) is 12.0 Å². The van der Waals surface area contributed by atoms with Gasteiger partial charge < -0.3 is 4.74 Å². The SMILES string of the molecule is CCCOC(C)COS(=O)(=O)c1ccc(C)cc1. The number of benzene rings is 1. The fraction of sp³-hybridized carbons (Fsp3) is 0.538. The number of aryl methyl sites for hydroxylation is 1. The van der Waals surface area contributed by atoms with Crippen LogP contribution in [0.1, 0.15) is 25.8 Å². The summed E-state index contributed by atoms with van der Waals surface area (Å²) in [5.74, 6) is 0. The van der Waals surface area contributed by atoms with Crippen LogP contribution in [0.2, 0.25) is 0 Å². The maximum Gasteiger partial charge on any atom is 0.297 e. The molecule has 1 unspecified atom stereocenters. The average molecular weight is 272 g/mol. The van der Waals surface area contributed by atoms with Gasteiger partial charge in [0.1, 0.15) is 0 Å². The Morgan fingerprint density at radius 1 is 1.22 bits per heavy atom. The first-order valence-corrected chi connectivity index (χ1v) is 7.44. The van der Waals surface area contributed by atoms with E-state index in [1.807, 2.05) is 13.8 Å². The third kappa shape index (κ3) is 4.76. The first-order valence-electron chi connectivity index (χ1n) is 6.03. The van der Waals surface area contributed by atoms with Crippen molar-refractivity contribution < 1.29 is 17.3 Å². The number of hydrogen-bond donors (Lipinski definition) is 0. The topological polar surface area (TPSA) is 52.6 Å². The van der Waals surface area contributed by atoms with Gasteiger partial charge in [0.15, 0.2) is 0 Å². The van der Waals surface area contributed by atoms with Crippen LogP contribution in [0.5, 0.6) is 0 Å². The molecule has 0 N–H and O–H groups in total. The maximum atomic E-state index is 11.8. The second-order valence-electron chi connectivity index (χ2n) is 4.23. The van der Waals surface area contributed by atoms with Crippen LogP contribution < -0.4 is 0 Å². The maximum absolute atomic E-state index is 11.8. The van der Waals surface area contributed by atoms with Gasteiger partial charge in [-0.15, -0.1) is 0 Å². The Balaban J connectivity index is 2.57. The van der Waals surface area contributed by atoms with E-state index in [4.69, 9.17) is 8.92 Å². The molecule has 102 valence electrons. The Kier molecular flexibility index (Phi) is 5.78. The average Bonchev–Trinajstić information content (AvgIpc) is 2.34. The molecule has 0 saturated carbocycles. The van der Waals surface area contributed by atoms with Crippen molar-refractivity contribution in [2.45, 2.75) is 38.2 Å². The van der Waals surface area contributed by atoms with Crippen molar-refractivity contribution in [1.82, 2.24) is 0 Å². The molecule has 1 aromatic rings. The monoisotopic (exact) mass is 272 g/mol. The minimum absolute atomic E-state index is 0.0379. The van der Waals surface area contributed by atoms with Crippen LogP contribution in [-0.4, -0.2) is 27.7 Å². The Morgan fingerprint density at radius 3 is 2.39 bits per heavy atom. The molecule has 1 atom stereocenters. The van der Waals surface area contributed by atoms with E-state index >= 15 is 0 Å². The predicted molar refractivity (Wildman–Crippen MR) is 70.0 cm³/mol. The molecule has 1 rings (SSSR count). The highest BCUT2D eigenvalue weighted by molar-refractivity contribution is 7.86. The third-order valence-electron chi connectivity index (χ3n) is 2.37. The second kappa shape index (κ2) is 6.87. The molecule has 5 heteroatoms. The summed E-state index contributed by atoms with van der Waals surface area (Å²) in [6.07, 6.45) is 0.667. The van der Waals surface area contributed by atoms with Crippen molar-refractivity contribution in [2.75, 3.05) is 13.2 Å². The molecule has 0 aliphatic carbocycles. The molecule has 0 radical (unpaired) electrons. The van der Waals surface area contributed by atoms with Crippen molar-refractivity contribution in [1.29, 1.82) is 0 Å². The van der Waals surface area contributed by atoms with Crippen molar-refractivity contribution >= 4 is 10.1 Å². The van der Waals surface area contributed by atoms with E-state index in [1.165, 1.54) is 0 Å². The van der Waals surface area contributed by atoms with Crippen molar-refractivity contribution in [3.8, 4) is 0 Å². The lowest BCUT2D eigenvalue weighted by molar-refractivity contribution is 0.0344. The normalized spacial score (nSPS) is 13.5. The lowest BCUT2D eigenvalue weighted by Gasteiger charge is -2.12. The highest BCUT2D eigenvalue weighted by atomic mass is 32.2. The number of hydrogen-bond acceptors (Lipinski definition) is 4. The zero-order valence-electron chi connectivity index (χ0n) is 11.0. The highest BCUT2D eigenvalue weighted by Gasteiger charge is 2.16. The molecule has 0 aliphatic heterocycles. The molecule has 0 bridgehead atoms.